The van der Waals surface area contributed by atoms with Gasteiger partial charge >= 0.3 is 0 Å². The van der Waals surface area contributed by atoms with Crippen molar-refractivity contribution in [2.45, 2.75) is 32.3 Å². The minimum atomic E-state index is -0.346. The summed E-state index contributed by atoms with van der Waals surface area (Å²) < 4.78 is 5.81. The number of hydrogen-bond donors (Lipinski definition) is 2. The first-order valence-corrected chi connectivity index (χ1v) is 7.48. The van der Waals surface area contributed by atoms with Crippen molar-refractivity contribution in [2.24, 2.45) is 0 Å². The summed E-state index contributed by atoms with van der Waals surface area (Å²) in [5.41, 5.74) is 1.62. The number of nitrogens with one attached hydrogen (secondary N) is 2. The second-order valence-corrected chi connectivity index (χ2v) is 5.36. The quantitative estimate of drug-likeness (QED) is 0.459. The Kier molecular flexibility index (Phi) is 5.95. The van der Waals surface area contributed by atoms with Crippen molar-refractivity contribution >= 4 is 11.4 Å². The summed E-state index contributed by atoms with van der Waals surface area (Å²) in [5.74, 6) is 0. The summed E-state index contributed by atoms with van der Waals surface area (Å²) in [5, 5.41) is 17.4. The van der Waals surface area contributed by atoms with Crippen molar-refractivity contribution < 1.29 is 9.66 Å². The molecule has 0 radical (unpaired) electrons. The van der Waals surface area contributed by atoms with Crippen LogP contribution in [-0.2, 0) is 4.74 Å². The Morgan fingerprint density at radius 2 is 2.19 bits per heavy atom. The standard InChI is InChI=1S/C15H23N3O3/c1-12-3-4-13(11-15(12)18(19)20)17-7-2-10-21-14-5-8-16-9-6-14/h3-4,11,14,16-17H,2,5-10H2,1H3. The van der Waals surface area contributed by atoms with E-state index in [0.29, 0.717) is 11.7 Å². The van der Waals surface area contributed by atoms with Crippen LogP contribution in [0, 0.1) is 17.0 Å². The number of hydrogen-bond acceptors (Lipinski definition) is 5. The number of nitro benzene ring substituents is 1. The van der Waals surface area contributed by atoms with Crippen LogP contribution in [0.5, 0.6) is 0 Å². The maximum atomic E-state index is 10.9. The molecule has 1 fully saturated rings. The van der Waals surface area contributed by atoms with Crippen LogP contribution in [0.25, 0.3) is 0 Å². The molecule has 0 spiro atoms. The zero-order valence-corrected chi connectivity index (χ0v) is 12.4. The van der Waals surface area contributed by atoms with E-state index in [0.717, 1.165) is 51.2 Å². The summed E-state index contributed by atoms with van der Waals surface area (Å²) in [6, 6.07) is 5.23. The van der Waals surface area contributed by atoms with Crippen molar-refractivity contribution in [3.63, 3.8) is 0 Å². The van der Waals surface area contributed by atoms with Crippen LogP contribution in [0.1, 0.15) is 24.8 Å². The van der Waals surface area contributed by atoms with E-state index < -0.39 is 0 Å². The van der Waals surface area contributed by atoms with Crippen molar-refractivity contribution in [3.8, 4) is 0 Å². The molecular formula is C15H23N3O3. The SMILES string of the molecule is Cc1ccc(NCCCOC2CCNCC2)cc1[N+](=O)[O-]. The van der Waals surface area contributed by atoms with Crippen LogP contribution in [0.2, 0.25) is 0 Å². The molecule has 1 heterocycles. The van der Waals surface area contributed by atoms with Crippen molar-refractivity contribution in [1.29, 1.82) is 0 Å². The summed E-state index contributed by atoms with van der Waals surface area (Å²) >= 11 is 0. The lowest BCUT2D eigenvalue weighted by atomic mass is 10.1. The Bertz CT molecular complexity index is 473. The third-order valence-corrected chi connectivity index (χ3v) is 3.70. The summed E-state index contributed by atoms with van der Waals surface area (Å²) in [4.78, 5) is 10.5. The molecule has 1 aromatic rings. The topological polar surface area (TPSA) is 76.4 Å². The molecule has 0 atom stereocenters. The third kappa shape index (κ3) is 4.99. The van der Waals surface area contributed by atoms with Crippen LogP contribution in [0.4, 0.5) is 11.4 Å². The summed E-state index contributed by atoms with van der Waals surface area (Å²) in [6.45, 7) is 5.30. The first-order chi connectivity index (χ1) is 10.2. The highest BCUT2D eigenvalue weighted by atomic mass is 16.6. The van der Waals surface area contributed by atoms with Gasteiger partial charge in [0.1, 0.15) is 0 Å². The Morgan fingerprint density at radius 3 is 2.90 bits per heavy atom. The maximum Gasteiger partial charge on any atom is 0.274 e. The fraction of sp³-hybridized carbons (Fsp3) is 0.600. The van der Waals surface area contributed by atoms with E-state index in [1.807, 2.05) is 6.07 Å². The van der Waals surface area contributed by atoms with Gasteiger partial charge in [-0.05, 0) is 45.3 Å². The predicted molar refractivity (Wildman–Crippen MR) is 82.8 cm³/mol. The van der Waals surface area contributed by atoms with Gasteiger partial charge in [0.25, 0.3) is 5.69 Å². The highest BCUT2D eigenvalue weighted by molar-refractivity contribution is 5.54. The van der Waals surface area contributed by atoms with Gasteiger partial charge in [-0.1, -0.05) is 6.07 Å². The molecule has 2 N–H and O–H groups in total. The highest BCUT2D eigenvalue weighted by Gasteiger charge is 2.13. The number of anilines is 1. The average Bonchev–Trinajstić information content (AvgIpc) is 2.49. The van der Waals surface area contributed by atoms with E-state index in [1.165, 1.54) is 0 Å². The highest BCUT2D eigenvalue weighted by Crippen LogP contribution is 2.22. The first-order valence-electron chi connectivity index (χ1n) is 7.48. The molecule has 0 aliphatic carbocycles. The van der Waals surface area contributed by atoms with E-state index in [1.54, 1.807) is 19.1 Å². The van der Waals surface area contributed by atoms with Crippen LogP contribution in [0.3, 0.4) is 0 Å². The number of rotatable bonds is 7. The molecule has 0 aromatic heterocycles. The molecule has 2 rings (SSSR count). The minimum absolute atomic E-state index is 0.158. The molecule has 0 unspecified atom stereocenters. The molecule has 6 heteroatoms. The monoisotopic (exact) mass is 293 g/mol. The molecule has 0 saturated carbocycles. The van der Waals surface area contributed by atoms with Crippen molar-refractivity contribution in [3.05, 3.63) is 33.9 Å². The van der Waals surface area contributed by atoms with Crippen LogP contribution in [0.15, 0.2) is 18.2 Å². The van der Waals surface area contributed by atoms with Gasteiger partial charge in [-0.2, -0.15) is 0 Å². The predicted octanol–water partition coefficient (Wildman–Crippen LogP) is 2.47. The summed E-state index contributed by atoms with van der Waals surface area (Å²) in [6.07, 6.45) is 3.44. The first kappa shape index (κ1) is 15.7. The maximum absolute atomic E-state index is 10.9. The molecular weight excluding hydrogens is 270 g/mol. The molecule has 0 bridgehead atoms. The fourth-order valence-electron chi connectivity index (χ4n) is 2.43. The Balaban J connectivity index is 1.68. The van der Waals surface area contributed by atoms with Gasteiger partial charge in [0.15, 0.2) is 0 Å². The average molecular weight is 293 g/mol. The number of ether oxygens (including phenoxy) is 1. The zero-order valence-electron chi connectivity index (χ0n) is 12.4. The van der Waals surface area contributed by atoms with Gasteiger partial charge in [-0.3, -0.25) is 10.1 Å². The van der Waals surface area contributed by atoms with Crippen LogP contribution in [-0.4, -0.2) is 37.3 Å². The van der Waals surface area contributed by atoms with E-state index in [9.17, 15) is 10.1 Å². The Hall–Kier alpha value is -1.66. The Labute approximate surface area is 125 Å². The van der Waals surface area contributed by atoms with E-state index in [4.69, 9.17) is 4.74 Å². The van der Waals surface area contributed by atoms with Crippen molar-refractivity contribution in [2.75, 3.05) is 31.6 Å². The van der Waals surface area contributed by atoms with Crippen LogP contribution < -0.4 is 10.6 Å². The van der Waals surface area contributed by atoms with Gasteiger partial charge in [0, 0.05) is 30.5 Å². The summed E-state index contributed by atoms with van der Waals surface area (Å²) in [7, 11) is 0. The minimum Gasteiger partial charge on any atom is -0.385 e. The second-order valence-electron chi connectivity index (χ2n) is 5.36. The van der Waals surface area contributed by atoms with Gasteiger partial charge in [0.2, 0.25) is 0 Å². The third-order valence-electron chi connectivity index (χ3n) is 3.70. The lowest BCUT2D eigenvalue weighted by Crippen LogP contribution is -2.32. The number of piperidine rings is 1. The zero-order chi connectivity index (χ0) is 15.1. The Morgan fingerprint density at radius 1 is 1.43 bits per heavy atom. The number of nitro groups is 1. The molecule has 6 nitrogen and oxygen atoms in total. The molecule has 116 valence electrons. The largest absolute Gasteiger partial charge is 0.385 e. The smallest absolute Gasteiger partial charge is 0.274 e. The molecule has 1 aliphatic heterocycles. The molecule has 1 aromatic carbocycles. The molecule has 1 aliphatic rings. The fourth-order valence-corrected chi connectivity index (χ4v) is 2.43. The lowest BCUT2D eigenvalue weighted by Gasteiger charge is -2.22. The molecule has 0 amide bonds. The lowest BCUT2D eigenvalue weighted by molar-refractivity contribution is -0.385. The van der Waals surface area contributed by atoms with Gasteiger partial charge in [-0.25, -0.2) is 0 Å². The number of benzene rings is 1. The molecule has 21 heavy (non-hydrogen) atoms. The number of nitrogens with zero attached hydrogens (tertiary/aromatic N) is 1. The van der Waals surface area contributed by atoms with Gasteiger partial charge < -0.3 is 15.4 Å². The second kappa shape index (κ2) is 7.95. The number of aryl methyl sites for hydroxylation is 1. The van der Waals surface area contributed by atoms with E-state index in [2.05, 4.69) is 10.6 Å². The normalized spacial score (nSPS) is 15.9. The van der Waals surface area contributed by atoms with Gasteiger partial charge in [-0.15, -0.1) is 0 Å². The molecule has 1 saturated heterocycles. The van der Waals surface area contributed by atoms with E-state index in [-0.39, 0.29) is 10.6 Å². The van der Waals surface area contributed by atoms with Crippen molar-refractivity contribution in [1.82, 2.24) is 5.32 Å². The van der Waals surface area contributed by atoms with Gasteiger partial charge in [0.05, 0.1) is 11.0 Å². The van der Waals surface area contributed by atoms with E-state index >= 15 is 0 Å². The van der Waals surface area contributed by atoms with Crippen LogP contribution >= 0.6 is 0 Å².